The number of carbonyl (C=O) groups excluding carboxylic acids is 1. The molecule has 0 saturated heterocycles. The van der Waals surface area contributed by atoms with Gasteiger partial charge in [-0.15, -0.1) is 0 Å². The first-order chi connectivity index (χ1) is 9.61. The van der Waals surface area contributed by atoms with Gasteiger partial charge in [0.1, 0.15) is 5.76 Å². The van der Waals surface area contributed by atoms with E-state index in [2.05, 4.69) is 21.2 Å². The van der Waals surface area contributed by atoms with E-state index in [-0.39, 0.29) is 12.0 Å². The molecule has 1 aromatic carbocycles. The van der Waals surface area contributed by atoms with Crippen LogP contribution in [0.1, 0.15) is 36.0 Å². The number of nitrogens with one attached hydrogen (secondary N) is 1. The minimum atomic E-state index is -0.330. The van der Waals surface area contributed by atoms with Crippen LogP contribution in [0.4, 0.5) is 5.69 Å². The Morgan fingerprint density at radius 2 is 2.10 bits per heavy atom. The molecule has 1 unspecified atom stereocenters. The molecule has 5 heteroatoms. The van der Waals surface area contributed by atoms with Crippen molar-refractivity contribution in [2.75, 3.05) is 11.9 Å². The number of furan rings is 1. The zero-order valence-corrected chi connectivity index (χ0v) is 12.9. The molecular formula is C15H16BrNO3. The number of halogens is 1. The quantitative estimate of drug-likeness (QED) is 0.822. The summed E-state index contributed by atoms with van der Waals surface area (Å²) in [5, 5.41) is 3.26. The number of esters is 1. The van der Waals surface area contributed by atoms with Gasteiger partial charge in [-0.3, -0.25) is 0 Å². The normalized spacial score (nSPS) is 11.9. The van der Waals surface area contributed by atoms with E-state index in [1.807, 2.05) is 37.3 Å². The van der Waals surface area contributed by atoms with Crippen molar-refractivity contribution in [3.8, 4) is 0 Å². The van der Waals surface area contributed by atoms with Gasteiger partial charge in [-0.1, -0.05) is 12.1 Å². The Morgan fingerprint density at radius 3 is 2.75 bits per heavy atom. The van der Waals surface area contributed by atoms with E-state index in [9.17, 15) is 4.79 Å². The Kier molecular flexibility index (Phi) is 4.84. The predicted octanol–water partition coefficient (Wildman–Crippen LogP) is 4.39. The predicted molar refractivity (Wildman–Crippen MR) is 80.8 cm³/mol. The van der Waals surface area contributed by atoms with Crippen LogP contribution in [0.25, 0.3) is 0 Å². The molecule has 1 N–H and O–H groups in total. The minimum absolute atomic E-state index is 0.0584. The van der Waals surface area contributed by atoms with Gasteiger partial charge in [-0.25, -0.2) is 4.79 Å². The third kappa shape index (κ3) is 3.42. The Morgan fingerprint density at radius 1 is 1.35 bits per heavy atom. The molecule has 0 aliphatic heterocycles. The average Bonchev–Trinajstić information content (AvgIpc) is 2.86. The number of benzene rings is 1. The summed E-state index contributed by atoms with van der Waals surface area (Å²) in [6.07, 6.45) is 0. The summed E-state index contributed by atoms with van der Waals surface area (Å²) in [5.74, 6) is 0.457. The molecule has 0 radical (unpaired) electrons. The molecule has 0 saturated carbocycles. The molecular weight excluding hydrogens is 322 g/mol. The number of hydrogen-bond acceptors (Lipinski definition) is 4. The average molecular weight is 338 g/mol. The fraction of sp³-hybridized carbons (Fsp3) is 0.267. The van der Waals surface area contributed by atoms with Gasteiger partial charge in [0.05, 0.1) is 18.2 Å². The van der Waals surface area contributed by atoms with Crippen LogP contribution in [-0.2, 0) is 4.74 Å². The van der Waals surface area contributed by atoms with Crippen molar-refractivity contribution < 1.29 is 13.9 Å². The standard InChI is InChI=1S/C15H16BrNO3/c1-3-19-15(18)11-6-4-5-7-12(11)17-10(2)13-8-9-14(16)20-13/h4-10,17H,3H2,1-2H3. The van der Waals surface area contributed by atoms with Gasteiger partial charge in [0.15, 0.2) is 4.67 Å². The second-order valence-electron chi connectivity index (χ2n) is 4.27. The van der Waals surface area contributed by atoms with Crippen LogP contribution < -0.4 is 5.32 Å². The van der Waals surface area contributed by atoms with Crippen molar-refractivity contribution in [3.63, 3.8) is 0 Å². The van der Waals surface area contributed by atoms with Crippen molar-refractivity contribution >= 4 is 27.6 Å². The molecule has 0 fully saturated rings. The zero-order valence-electron chi connectivity index (χ0n) is 11.4. The Bertz CT molecular complexity index is 594. The van der Waals surface area contributed by atoms with Crippen LogP contribution in [0, 0.1) is 0 Å². The highest BCUT2D eigenvalue weighted by Crippen LogP contribution is 2.25. The largest absolute Gasteiger partial charge is 0.462 e. The van der Waals surface area contributed by atoms with E-state index in [1.165, 1.54) is 0 Å². The monoisotopic (exact) mass is 337 g/mol. The SMILES string of the molecule is CCOC(=O)c1ccccc1NC(C)c1ccc(Br)o1. The summed E-state index contributed by atoms with van der Waals surface area (Å²) in [4.78, 5) is 11.9. The topological polar surface area (TPSA) is 51.5 Å². The van der Waals surface area contributed by atoms with Gasteiger partial charge >= 0.3 is 5.97 Å². The number of rotatable bonds is 5. The van der Waals surface area contributed by atoms with Crippen molar-refractivity contribution in [2.45, 2.75) is 19.9 Å². The van der Waals surface area contributed by atoms with E-state index >= 15 is 0 Å². The Labute approximate surface area is 126 Å². The number of carbonyl (C=O) groups is 1. The molecule has 0 aliphatic carbocycles. The van der Waals surface area contributed by atoms with E-state index in [4.69, 9.17) is 9.15 Å². The number of ether oxygens (including phenoxy) is 1. The van der Waals surface area contributed by atoms with E-state index in [0.717, 1.165) is 11.4 Å². The van der Waals surface area contributed by atoms with Crippen LogP contribution in [0.15, 0.2) is 45.5 Å². The third-order valence-corrected chi connectivity index (χ3v) is 3.24. The van der Waals surface area contributed by atoms with E-state index < -0.39 is 0 Å². The summed E-state index contributed by atoms with van der Waals surface area (Å²) in [6.45, 7) is 4.11. The van der Waals surface area contributed by atoms with Crippen LogP contribution in [0.3, 0.4) is 0 Å². The number of para-hydroxylation sites is 1. The lowest BCUT2D eigenvalue weighted by atomic mass is 10.1. The molecule has 1 heterocycles. The van der Waals surface area contributed by atoms with E-state index in [0.29, 0.717) is 16.8 Å². The first-order valence-electron chi connectivity index (χ1n) is 6.39. The highest BCUT2D eigenvalue weighted by molar-refractivity contribution is 9.10. The van der Waals surface area contributed by atoms with Gasteiger partial charge in [0.2, 0.25) is 0 Å². The van der Waals surface area contributed by atoms with Gasteiger partial charge in [0, 0.05) is 5.69 Å². The molecule has 106 valence electrons. The molecule has 1 aromatic heterocycles. The summed E-state index contributed by atoms with van der Waals surface area (Å²) in [6, 6.07) is 10.9. The first-order valence-corrected chi connectivity index (χ1v) is 7.19. The summed E-state index contributed by atoms with van der Waals surface area (Å²) in [7, 11) is 0. The lowest BCUT2D eigenvalue weighted by Crippen LogP contribution is -2.12. The minimum Gasteiger partial charge on any atom is -0.462 e. The molecule has 0 amide bonds. The number of anilines is 1. The van der Waals surface area contributed by atoms with Gasteiger partial charge in [-0.05, 0) is 54.0 Å². The van der Waals surface area contributed by atoms with Crippen molar-refractivity contribution in [1.82, 2.24) is 0 Å². The van der Waals surface area contributed by atoms with Crippen molar-refractivity contribution in [3.05, 3.63) is 52.4 Å². The zero-order chi connectivity index (χ0) is 14.5. The lowest BCUT2D eigenvalue weighted by molar-refractivity contribution is 0.0527. The fourth-order valence-corrected chi connectivity index (χ4v) is 2.18. The van der Waals surface area contributed by atoms with Crippen LogP contribution in [0.5, 0.6) is 0 Å². The van der Waals surface area contributed by atoms with Crippen LogP contribution in [0.2, 0.25) is 0 Å². The molecule has 0 spiro atoms. The summed E-state index contributed by atoms with van der Waals surface area (Å²) in [5.41, 5.74) is 1.25. The molecule has 1 atom stereocenters. The maximum absolute atomic E-state index is 11.9. The van der Waals surface area contributed by atoms with Crippen LogP contribution in [-0.4, -0.2) is 12.6 Å². The number of hydrogen-bond donors (Lipinski definition) is 1. The summed E-state index contributed by atoms with van der Waals surface area (Å²) >= 11 is 3.28. The first kappa shape index (κ1) is 14.7. The third-order valence-electron chi connectivity index (χ3n) is 2.82. The molecule has 2 rings (SSSR count). The second-order valence-corrected chi connectivity index (χ2v) is 5.06. The Hall–Kier alpha value is -1.75. The lowest BCUT2D eigenvalue weighted by Gasteiger charge is -2.15. The molecule has 20 heavy (non-hydrogen) atoms. The fourth-order valence-electron chi connectivity index (χ4n) is 1.86. The smallest absolute Gasteiger partial charge is 0.340 e. The maximum atomic E-state index is 11.9. The Balaban J connectivity index is 2.18. The van der Waals surface area contributed by atoms with Gasteiger partial charge in [-0.2, -0.15) is 0 Å². The second kappa shape index (κ2) is 6.61. The van der Waals surface area contributed by atoms with Gasteiger partial charge < -0.3 is 14.5 Å². The van der Waals surface area contributed by atoms with Crippen molar-refractivity contribution in [2.24, 2.45) is 0 Å². The van der Waals surface area contributed by atoms with Crippen LogP contribution >= 0.6 is 15.9 Å². The summed E-state index contributed by atoms with van der Waals surface area (Å²) < 4.78 is 11.2. The van der Waals surface area contributed by atoms with Crippen molar-refractivity contribution in [1.29, 1.82) is 0 Å². The molecule has 0 aliphatic rings. The molecule has 0 bridgehead atoms. The van der Waals surface area contributed by atoms with E-state index in [1.54, 1.807) is 13.0 Å². The molecule has 4 nitrogen and oxygen atoms in total. The van der Waals surface area contributed by atoms with Gasteiger partial charge in [0.25, 0.3) is 0 Å². The highest BCUT2D eigenvalue weighted by Gasteiger charge is 2.15. The maximum Gasteiger partial charge on any atom is 0.340 e. The molecule has 2 aromatic rings. The highest BCUT2D eigenvalue weighted by atomic mass is 79.9.